The van der Waals surface area contributed by atoms with Crippen LogP contribution in [0.4, 0.5) is 5.69 Å². The number of nitrogens with one attached hydrogen (secondary N) is 1. The van der Waals surface area contributed by atoms with E-state index in [1.807, 2.05) is 5.38 Å². The number of aromatic nitrogens is 1. The predicted octanol–water partition coefficient (Wildman–Crippen LogP) is 1.97. The molecule has 7 nitrogen and oxygen atoms in total. The van der Waals surface area contributed by atoms with Crippen LogP contribution in [0.1, 0.15) is 11.1 Å². The highest BCUT2D eigenvalue weighted by Gasteiger charge is 2.15. The lowest BCUT2D eigenvalue weighted by molar-refractivity contribution is -0.116. The first kappa shape index (κ1) is 18.3. The molecule has 0 spiro atoms. The second-order valence-electron chi connectivity index (χ2n) is 5.95. The number of fused-ring (bicyclic) bond motifs is 1. The van der Waals surface area contributed by atoms with E-state index in [2.05, 4.69) is 5.32 Å². The number of amides is 1. The summed E-state index contributed by atoms with van der Waals surface area (Å²) < 4.78 is 25.4. The van der Waals surface area contributed by atoms with Crippen LogP contribution in [0.3, 0.4) is 0 Å². The van der Waals surface area contributed by atoms with Crippen molar-refractivity contribution in [1.82, 2.24) is 4.57 Å². The summed E-state index contributed by atoms with van der Waals surface area (Å²) in [6.45, 7) is 3.32. The number of pyridine rings is 1. The van der Waals surface area contributed by atoms with E-state index in [0.29, 0.717) is 16.6 Å². The average Bonchev–Trinajstić information content (AvgIpc) is 3.02. The minimum Gasteiger partial charge on any atom is -0.324 e. The fourth-order valence-corrected chi connectivity index (χ4v) is 3.99. The molecule has 136 valence electrons. The van der Waals surface area contributed by atoms with Gasteiger partial charge in [-0.05, 0) is 54.6 Å². The number of aryl methyl sites for hydroxylation is 1. The molecule has 2 aromatic heterocycles. The quantitative estimate of drug-likeness (QED) is 0.708. The lowest BCUT2D eigenvalue weighted by atomic mass is 10.1. The molecular weight excluding hydrogens is 374 g/mol. The molecule has 0 unspecified atom stereocenters. The molecule has 3 N–H and O–H groups in total. The number of carbonyl (C=O) groups excluding carboxylic acids is 1. The number of benzene rings is 1. The Bertz CT molecular complexity index is 1180. The molecule has 3 aromatic rings. The Balaban J connectivity index is 1.89. The zero-order valence-electron chi connectivity index (χ0n) is 14.1. The SMILES string of the molecule is Cc1cc(S(N)(=O)=O)cc(NC(=O)Cn2ccc3sccc3c2=O)c1C. The van der Waals surface area contributed by atoms with Gasteiger partial charge in [0.05, 0.1) is 10.3 Å². The monoisotopic (exact) mass is 391 g/mol. The van der Waals surface area contributed by atoms with E-state index in [1.54, 1.807) is 32.2 Å². The van der Waals surface area contributed by atoms with Crippen LogP contribution in [0.5, 0.6) is 0 Å². The lowest BCUT2D eigenvalue weighted by Gasteiger charge is -2.13. The van der Waals surface area contributed by atoms with Gasteiger partial charge in [0.1, 0.15) is 6.54 Å². The van der Waals surface area contributed by atoms with Crippen molar-refractivity contribution in [3.05, 3.63) is 57.3 Å². The van der Waals surface area contributed by atoms with E-state index in [0.717, 1.165) is 10.3 Å². The number of rotatable bonds is 4. The third-order valence-electron chi connectivity index (χ3n) is 4.15. The molecule has 26 heavy (non-hydrogen) atoms. The largest absolute Gasteiger partial charge is 0.324 e. The first-order valence-corrected chi connectivity index (χ1v) is 10.1. The minimum atomic E-state index is -3.89. The van der Waals surface area contributed by atoms with Gasteiger partial charge in [-0.25, -0.2) is 13.6 Å². The van der Waals surface area contributed by atoms with Crippen molar-refractivity contribution in [3.8, 4) is 0 Å². The van der Waals surface area contributed by atoms with Gasteiger partial charge in [0.25, 0.3) is 5.56 Å². The molecular formula is C17H17N3O4S2. The molecule has 0 atom stereocenters. The highest BCUT2D eigenvalue weighted by atomic mass is 32.2. The predicted molar refractivity (Wildman–Crippen MR) is 102 cm³/mol. The average molecular weight is 391 g/mol. The van der Waals surface area contributed by atoms with Gasteiger partial charge in [-0.2, -0.15) is 0 Å². The molecule has 0 aliphatic rings. The number of hydrogen-bond acceptors (Lipinski definition) is 5. The number of nitrogens with two attached hydrogens (primary N) is 1. The molecule has 0 aliphatic heterocycles. The van der Waals surface area contributed by atoms with Crippen molar-refractivity contribution >= 4 is 43.0 Å². The van der Waals surface area contributed by atoms with Crippen LogP contribution in [0, 0.1) is 13.8 Å². The van der Waals surface area contributed by atoms with Crippen LogP contribution in [0.15, 0.2) is 45.5 Å². The van der Waals surface area contributed by atoms with E-state index < -0.39 is 15.9 Å². The van der Waals surface area contributed by atoms with E-state index in [-0.39, 0.29) is 17.0 Å². The highest BCUT2D eigenvalue weighted by molar-refractivity contribution is 7.89. The van der Waals surface area contributed by atoms with E-state index in [4.69, 9.17) is 5.14 Å². The summed E-state index contributed by atoms with van der Waals surface area (Å²) in [5.74, 6) is -0.434. The molecule has 3 rings (SSSR count). The molecule has 0 saturated carbocycles. The first-order chi connectivity index (χ1) is 12.2. The fourth-order valence-electron chi connectivity index (χ4n) is 2.60. The standard InChI is InChI=1S/C17H17N3O4S2/c1-10-7-12(26(18,23)24)8-14(11(10)2)19-16(21)9-20-5-3-15-13(17(20)22)4-6-25-15/h3-8H,9H2,1-2H3,(H,19,21)(H2,18,23,24). The van der Waals surface area contributed by atoms with Crippen molar-refractivity contribution in [1.29, 1.82) is 0 Å². The summed E-state index contributed by atoms with van der Waals surface area (Å²) in [5.41, 5.74) is 1.52. The summed E-state index contributed by atoms with van der Waals surface area (Å²) in [7, 11) is -3.89. The van der Waals surface area contributed by atoms with Gasteiger partial charge in [0, 0.05) is 16.6 Å². The molecule has 0 saturated heterocycles. The van der Waals surface area contributed by atoms with E-state index in [1.165, 1.54) is 28.0 Å². The molecule has 0 bridgehead atoms. The summed E-state index contributed by atoms with van der Waals surface area (Å²) in [4.78, 5) is 24.7. The molecule has 2 heterocycles. The normalized spacial score (nSPS) is 11.7. The highest BCUT2D eigenvalue weighted by Crippen LogP contribution is 2.23. The topological polar surface area (TPSA) is 111 Å². The van der Waals surface area contributed by atoms with Gasteiger partial charge in [0.15, 0.2) is 0 Å². The molecule has 1 amide bonds. The van der Waals surface area contributed by atoms with E-state index >= 15 is 0 Å². The van der Waals surface area contributed by atoms with Crippen molar-refractivity contribution in [2.45, 2.75) is 25.3 Å². The maximum Gasteiger partial charge on any atom is 0.259 e. The van der Waals surface area contributed by atoms with Crippen LogP contribution in [-0.4, -0.2) is 18.9 Å². The van der Waals surface area contributed by atoms with Crippen molar-refractivity contribution in [3.63, 3.8) is 0 Å². The zero-order chi connectivity index (χ0) is 19.1. The molecule has 0 aliphatic carbocycles. The number of carbonyl (C=O) groups is 1. The van der Waals surface area contributed by atoms with Crippen LogP contribution in [0.25, 0.3) is 10.1 Å². The molecule has 9 heteroatoms. The Morgan fingerprint density at radius 3 is 2.69 bits per heavy atom. The number of thiophene rings is 1. The summed E-state index contributed by atoms with van der Waals surface area (Å²) in [5, 5.41) is 10.2. The Morgan fingerprint density at radius 2 is 2.00 bits per heavy atom. The van der Waals surface area contributed by atoms with Gasteiger partial charge in [0.2, 0.25) is 15.9 Å². The number of anilines is 1. The van der Waals surface area contributed by atoms with Crippen LogP contribution < -0.4 is 16.0 Å². The molecule has 1 aromatic carbocycles. The first-order valence-electron chi connectivity index (χ1n) is 7.67. The second-order valence-corrected chi connectivity index (χ2v) is 8.46. The third-order valence-corrected chi connectivity index (χ3v) is 5.92. The van der Waals surface area contributed by atoms with Crippen molar-refractivity contribution in [2.75, 3.05) is 5.32 Å². The van der Waals surface area contributed by atoms with E-state index in [9.17, 15) is 18.0 Å². The maximum atomic E-state index is 12.4. The fraction of sp³-hybridized carbons (Fsp3) is 0.176. The number of nitrogens with zero attached hydrogens (tertiary/aromatic N) is 1. The molecule has 0 fully saturated rings. The van der Waals surface area contributed by atoms with Gasteiger partial charge >= 0.3 is 0 Å². The van der Waals surface area contributed by atoms with Crippen molar-refractivity contribution in [2.24, 2.45) is 5.14 Å². The number of primary sulfonamides is 1. The number of hydrogen-bond donors (Lipinski definition) is 2. The Hall–Kier alpha value is -2.49. The van der Waals surface area contributed by atoms with Crippen LogP contribution in [0.2, 0.25) is 0 Å². The smallest absolute Gasteiger partial charge is 0.259 e. The van der Waals surface area contributed by atoms with Crippen molar-refractivity contribution < 1.29 is 13.2 Å². The third kappa shape index (κ3) is 3.55. The summed E-state index contributed by atoms with van der Waals surface area (Å²) in [6, 6.07) is 6.28. The summed E-state index contributed by atoms with van der Waals surface area (Å²) in [6.07, 6.45) is 1.57. The van der Waals surface area contributed by atoms with Gasteiger partial charge in [-0.1, -0.05) is 0 Å². The van der Waals surface area contributed by atoms with Gasteiger partial charge in [-0.3, -0.25) is 9.59 Å². The summed E-state index contributed by atoms with van der Waals surface area (Å²) >= 11 is 1.46. The Morgan fingerprint density at radius 1 is 1.27 bits per heavy atom. The number of sulfonamides is 1. The van der Waals surface area contributed by atoms with Crippen LogP contribution >= 0.6 is 11.3 Å². The Kier molecular flexibility index (Phi) is 4.70. The molecule has 0 radical (unpaired) electrons. The van der Waals surface area contributed by atoms with Crippen LogP contribution in [-0.2, 0) is 21.4 Å². The minimum absolute atomic E-state index is 0.0761. The maximum absolute atomic E-state index is 12.4. The van der Waals surface area contributed by atoms with Gasteiger partial charge < -0.3 is 9.88 Å². The Labute approximate surface area is 154 Å². The lowest BCUT2D eigenvalue weighted by Crippen LogP contribution is -2.27. The van der Waals surface area contributed by atoms with Gasteiger partial charge in [-0.15, -0.1) is 11.3 Å². The second kappa shape index (κ2) is 6.67. The zero-order valence-corrected chi connectivity index (χ0v) is 15.8.